The van der Waals surface area contributed by atoms with Crippen molar-refractivity contribution in [2.75, 3.05) is 0 Å². The molecule has 2 aromatic rings. The van der Waals surface area contributed by atoms with E-state index in [9.17, 15) is 0 Å². The van der Waals surface area contributed by atoms with E-state index in [1.807, 2.05) is 0 Å². The summed E-state index contributed by atoms with van der Waals surface area (Å²) in [5.41, 5.74) is 7.23. The van der Waals surface area contributed by atoms with Gasteiger partial charge < -0.3 is 0 Å². The summed E-state index contributed by atoms with van der Waals surface area (Å²) in [6.45, 7) is 4.64. The minimum atomic E-state index is 0.705. The summed E-state index contributed by atoms with van der Waals surface area (Å²) in [6, 6.07) is 17.5. The van der Waals surface area contributed by atoms with Crippen molar-refractivity contribution < 1.29 is 0 Å². The predicted octanol–water partition coefficient (Wildman–Crippen LogP) is 5.73. The molecular weight excluding hydrogens is 240 g/mol. The van der Waals surface area contributed by atoms with E-state index in [1.165, 1.54) is 35.1 Å². The molecule has 0 amide bonds. The van der Waals surface area contributed by atoms with Crippen LogP contribution in [-0.2, 0) is 6.42 Å². The fourth-order valence-electron chi connectivity index (χ4n) is 3.20. The van der Waals surface area contributed by atoms with Gasteiger partial charge in [0.05, 0.1) is 0 Å². The van der Waals surface area contributed by atoms with Gasteiger partial charge >= 0.3 is 0 Å². The van der Waals surface area contributed by atoms with Gasteiger partial charge in [-0.2, -0.15) is 0 Å². The van der Waals surface area contributed by atoms with Crippen molar-refractivity contribution in [2.45, 2.75) is 33.1 Å². The van der Waals surface area contributed by atoms with E-state index < -0.39 is 0 Å². The monoisotopic (exact) mass is 262 g/mol. The predicted molar refractivity (Wildman–Crippen MR) is 87.6 cm³/mol. The van der Waals surface area contributed by atoms with E-state index in [0.29, 0.717) is 5.92 Å². The van der Waals surface area contributed by atoms with Gasteiger partial charge in [0.2, 0.25) is 0 Å². The number of hydrogen-bond donors (Lipinski definition) is 0. The van der Waals surface area contributed by atoms with Crippen molar-refractivity contribution in [1.82, 2.24) is 0 Å². The van der Waals surface area contributed by atoms with E-state index in [0.717, 1.165) is 6.42 Å². The lowest BCUT2D eigenvalue weighted by atomic mass is 9.95. The van der Waals surface area contributed by atoms with Crippen LogP contribution in [0, 0.1) is 5.92 Å². The molecule has 1 aliphatic carbocycles. The summed E-state index contributed by atoms with van der Waals surface area (Å²) in [5, 5.41) is 0. The molecule has 1 aliphatic rings. The molecule has 0 spiro atoms. The van der Waals surface area contributed by atoms with Gasteiger partial charge in [0.15, 0.2) is 0 Å². The fourth-order valence-corrected chi connectivity index (χ4v) is 3.20. The minimum absolute atomic E-state index is 0.705. The van der Waals surface area contributed by atoms with Crippen LogP contribution >= 0.6 is 0 Å². The molecule has 0 heteroatoms. The van der Waals surface area contributed by atoms with Crippen molar-refractivity contribution in [3.8, 4) is 11.1 Å². The second-order valence-corrected chi connectivity index (χ2v) is 5.83. The number of allylic oxidation sites excluding steroid dienone is 1. The Balaban J connectivity index is 2.00. The van der Waals surface area contributed by atoms with Gasteiger partial charge in [0.25, 0.3) is 0 Å². The molecule has 0 saturated heterocycles. The Kier molecular flexibility index (Phi) is 3.73. The van der Waals surface area contributed by atoms with Crippen molar-refractivity contribution in [3.05, 3.63) is 65.2 Å². The van der Waals surface area contributed by atoms with Crippen LogP contribution in [0.25, 0.3) is 17.2 Å². The second kappa shape index (κ2) is 5.66. The summed E-state index contributed by atoms with van der Waals surface area (Å²) in [6.07, 6.45) is 6.13. The largest absolute Gasteiger partial charge is 0.0654 e. The number of fused-ring (bicyclic) bond motifs is 1. The van der Waals surface area contributed by atoms with Crippen LogP contribution in [0.3, 0.4) is 0 Å². The lowest BCUT2D eigenvalue weighted by Gasteiger charge is -2.10. The molecule has 0 nitrogen and oxygen atoms in total. The molecule has 2 aromatic carbocycles. The van der Waals surface area contributed by atoms with E-state index >= 15 is 0 Å². The van der Waals surface area contributed by atoms with Gasteiger partial charge in [-0.05, 0) is 41.0 Å². The first kappa shape index (κ1) is 13.2. The van der Waals surface area contributed by atoms with Crippen molar-refractivity contribution in [1.29, 1.82) is 0 Å². The molecule has 1 unspecified atom stereocenters. The Bertz CT molecular complexity index is 620. The van der Waals surface area contributed by atoms with Gasteiger partial charge in [0.1, 0.15) is 0 Å². The second-order valence-electron chi connectivity index (χ2n) is 5.83. The Morgan fingerprint density at radius 1 is 1.00 bits per heavy atom. The summed E-state index contributed by atoms with van der Waals surface area (Å²) in [7, 11) is 0. The van der Waals surface area contributed by atoms with Gasteiger partial charge in [-0.25, -0.2) is 0 Å². The van der Waals surface area contributed by atoms with Crippen molar-refractivity contribution >= 4 is 6.08 Å². The average Bonchev–Trinajstić information content (AvgIpc) is 2.92. The molecule has 3 rings (SSSR count). The van der Waals surface area contributed by atoms with E-state index in [1.54, 1.807) is 5.57 Å². The third-order valence-corrected chi connectivity index (χ3v) is 4.36. The van der Waals surface area contributed by atoms with Crippen LogP contribution in [0.5, 0.6) is 0 Å². The molecule has 102 valence electrons. The molecule has 0 heterocycles. The number of rotatable bonds is 4. The SMILES string of the molecule is CCCC(C)C1=Cc2c(cccc2-c2ccccc2)C1. The Hall–Kier alpha value is -1.82. The van der Waals surface area contributed by atoms with Crippen LogP contribution < -0.4 is 0 Å². The van der Waals surface area contributed by atoms with Crippen LogP contribution in [0.15, 0.2) is 54.1 Å². The highest BCUT2D eigenvalue weighted by molar-refractivity contribution is 5.80. The zero-order valence-corrected chi connectivity index (χ0v) is 12.4. The number of benzene rings is 2. The highest BCUT2D eigenvalue weighted by atomic mass is 14.2. The van der Waals surface area contributed by atoms with Gasteiger partial charge in [-0.3, -0.25) is 0 Å². The lowest BCUT2D eigenvalue weighted by Crippen LogP contribution is -1.98. The average molecular weight is 262 g/mol. The van der Waals surface area contributed by atoms with Gasteiger partial charge in [-0.1, -0.05) is 80.4 Å². The summed E-state index contributed by atoms with van der Waals surface area (Å²) < 4.78 is 0. The maximum Gasteiger partial charge on any atom is -0.00549 e. The molecule has 0 fully saturated rings. The van der Waals surface area contributed by atoms with Gasteiger partial charge in [0, 0.05) is 0 Å². The van der Waals surface area contributed by atoms with Gasteiger partial charge in [-0.15, -0.1) is 0 Å². The lowest BCUT2D eigenvalue weighted by molar-refractivity contribution is 0.596. The first-order valence-corrected chi connectivity index (χ1v) is 7.67. The molecular formula is C20H22. The standard InChI is InChI=1S/C20H22/c1-3-8-15(2)18-13-17-11-7-12-19(20(17)14-18)16-9-5-4-6-10-16/h4-7,9-12,14-15H,3,8,13H2,1-2H3. The van der Waals surface area contributed by atoms with E-state index in [2.05, 4.69) is 68.5 Å². The van der Waals surface area contributed by atoms with E-state index in [4.69, 9.17) is 0 Å². The Morgan fingerprint density at radius 2 is 1.80 bits per heavy atom. The zero-order chi connectivity index (χ0) is 13.9. The molecule has 0 saturated carbocycles. The normalized spacial score (nSPS) is 14.8. The molecule has 1 atom stereocenters. The van der Waals surface area contributed by atoms with E-state index in [-0.39, 0.29) is 0 Å². The third-order valence-electron chi connectivity index (χ3n) is 4.36. The molecule has 0 radical (unpaired) electrons. The molecule has 0 N–H and O–H groups in total. The fraction of sp³-hybridized carbons (Fsp3) is 0.300. The molecule has 0 aromatic heterocycles. The highest BCUT2D eigenvalue weighted by Crippen LogP contribution is 2.37. The van der Waals surface area contributed by atoms with Crippen molar-refractivity contribution in [3.63, 3.8) is 0 Å². The zero-order valence-electron chi connectivity index (χ0n) is 12.4. The molecule has 0 aliphatic heterocycles. The maximum absolute atomic E-state index is 2.44. The Morgan fingerprint density at radius 3 is 2.55 bits per heavy atom. The maximum atomic E-state index is 2.44. The quantitative estimate of drug-likeness (QED) is 0.660. The first-order chi connectivity index (χ1) is 9.79. The molecule has 20 heavy (non-hydrogen) atoms. The van der Waals surface area contributed by atoms with Crippen LogP contribution in [0.4, 0.5) is 0 Å². The highest BCUT2D eigenvalue weighted by Gasteiger charge is 2.19. The summed E-state index contributed by atoms with van der Waals surface area (Å²) >= 11 is 0. The van der Waals surface area contributed by atoms with Crippen molar-refractivity contribution in [2.24, 2.45) is 5.92 Å². The first-order valence-electron chi connectivity index (χ1n) is 7.67. The minimum Gasteiger partial charge on any atom is -0.0654 e. The summed E-state index contributed by atoms with van der Waals surface area (Å²) in [4.78, 5) is 0. The molecule has 0 bridgehead atoms. The van der Waals surface area contributed by atoms with Crippen LogP contribution in [0.2, 0.25) is 0 Å². The third kappa shape index (κ3) is 2.43. The van der Waals surface area contributed by atoms with Crippen LogP contribution in [-0.4, -0.2) is 0 Å². The smallest absolute Gasteiger partial charge is 0.00549 e. The summed E-state index contributed by atoms with van der Waals surface area (Å²) in [5.74, 6) is 0.705. The number of hydrogen-bond acceptors (Lipinski definition) is 0. The topological polar surface area (TPSA) is 0 Å². The Labute approximate surface area is 122 Å². The van der Waals surface area contributed by atoms with Crippen LogP contribution in [0.1, 0.15) is 37.8 Å².